The van der Waals surface area contributed by atoms with Crippen LogP contribution in [-0.2, 0) is 9.53 Å². The average molecular weight is 319 g/mol. The van der Waals surface area contributed by atoms with Gasteiger partial charge in [-0.3, -0.25) is 4.79 Å². The fraction of sp³-hybridized carbons (Fsp3) is 0.812. The molecule has 1 amide bonds. The van der Waals surface area contributed by atoms with E-state index in [9.17, 15) is 4.79 Å². The summed E-state index contributed by atoms with van der Waals surface area (Å²) in [6, 6.07) is 0.654. The van der Waals surface area contributed by atoms with Gasteiger partial charge >= 0.3 is 0 Å². The molecule has 1 fully saturated rings. The highest BCUT2D eigenvalue weighted by molar-refractivity contribution is 5.85. The Bertz CT molecular complexity index is 267. The Morgan fingerprint density at radius 2 is 1.90 bits per heavy atom. The van der Waals surface area contributed by atoms with Crippen molar-refractivity contribution in [3.63, 3.8) is 0 Å². The topological polar surface area (TPSA) is 50.4 Å². The monoisotopic (exact) mass is 318 g/mol. The molecule has 0 bridgehead atoms. The molecule has 0 unspecified atom stereocenters. The maximum atomic E-state index is 11.6. The maximum Gasteiger partial charge on any atom is 0.220 e. The van der Waals surface area contributed by atoms with Crippen LogP contribution in [0.2, 0.25) is 0 Å². The van der Waals surface area contributed by atoms with Crippen molar-refractivity contribution in [2.24, 2.45) is 0 Å². The third-order valence-corrected chi connectivity index (χ3v) is 3.66. The van der Waals surface area contributed by atoms with E-state index >= 15 is 0 Å². The quantitative estimate of drug-likeness (QED) is 0.370. The molecule has 0 spiro atoms. The predicted octanol–water partition coefficient (Wildman–Crippen LogP) is 2.82. The highest BCUT2D eigenvalue weighted by atomic mass is 35.5. The summed E-state index contributed by atoms with van der Waals surface area (Å²) in [5.41, 5.74) is 0. The van der Waals surface area contributed by atoms with Gasteiger partial charge in [0.1, 0.15) is 0 Å². The van der Waals surface area contributed by atoms with Crippen molar-refractivity contribution in [1.82, 2.24) is 10.6 Å². The van der Waals surface area contributed by atoms with Gasteiger partial charge in [-0.05, 0) is 19.3 Å². The van der Waals surface area contributed by atoms with Crippen LogP contribution in [0.15, 0.2) is 12.7 Å². The summed E-state index contributed by atoms with van der Waals surface area (Å²) in [7, 11) is 0. The first-order valence-electron chi connectivity index (χ1n) is 8.01. The average Bonchev–Trinajstić information content (AvgIpc) is 2.72. The minimum atomic E-state index is 0. The second-order valence-electron chi connectivity index (χ2n) is 5.46. The zero-order chi connectivity index (χ0) is 14.5. The number of hydrogen-bond acceptors (Lipinski definition) is 3. The van der Waals surface area contributed by atoms with E-state index in [0.717, 1.165) is 19.5 Å². The zero-order valence-electron chi connectivity index (χ0n) is 13.1. The molecule has 21 heavy (non-hydrogen) atoms. The molecule has 1 rings (SSSR count). The lowest BCUT2D eigenvalue weighted by molar-refractivity contribution is -0.121. The Morgan fingerprint density at radius 1 is 1.19 bits per heavy atom. The predicted molar refractivity (Wildman–Crippen MR) is 90.0 cm³/mol. The summed E-state index contributed by atoms with van der Waals surface area (Å²) in [5.74, 6) is 0.120. The first-order chi connectivity index (χ1) is 9.83. The van der Waals surface area contributed by atoms with Gasteiger partial charge in [-0.25, -0.2) is 0 Å². The van der Waals surface area contributed by atoms with Gasteiger partial charge in [0.2, 0.25) is 5.91 Å². The summed E-state index contributed by atoms with van der Waals surface area (Å²) in [6.07, 6.45) is 11.0. The first kappa shape index (κ1) is 20.4. The second-order valence-corrected chi connectivity index (χ2v) is 5.46. The summed E-state index contributed by atoms with van der Waals surface area (Å²) >= 11 is 0. The van der Waals surface area contributed by atoms with Crippen molar-refractivity contribution < 1.29 is 9.53 Å². The standard InChI is InChI=1S/C16H30N2O2.ClH/c1-2-13-20-14-7-10-16(19)18-12-11-17-15-8-5-3-4-6-9-15;/h2,15,17H,1,3-14H2,(H,18,19);1H. The lowest BCUT2D eigenvalue weighted by Gasteiger charge is -2.16. The summed E-state index contributed by atoms with van der Waals surface area (Å²) in [6.45, 7) is 6.37. The minimum absolute atomic E-state index is 0. The van der Waals surface area contributed by atoms with Crippen molar-refractivity contribution in [3.8, 4) is 0 Å². The van der Waals surface area contributed by atoms with Crippen LogP contribution >= 0.6 is 12.4 Å². The maximum absolute atomic E-state index is 11.6. The van der Waals surface area contributed by atoms with E-state index in [1.54, 1.807) is 6.08 Å². The van der Waals surface area contributed by atoms with Gasteiger partial charge in [0.05, 0.1) is 6.61 Å². The van der Waals surface area contributed by atoms with E-state index in [2.05, 4.69) is 17.2 Å². The van der Waals surface area contributed by atoms with Crippen LogP contribution < -0.4 is 10.6 Å². The molecule has 0 heterocycles. The Morgan fingerprint density at radius 3 is 2.57 bits per heavy atom. The smallest absolute Gasteiger partial charge is 0.220 e. The fourth-order valence-electron chi connectivity index (χ4n) is 2.55. The van der Waals surface area contributed by atoms with Gasteiger partial charge in [-0.1, -0.05) is 31.8 Å². The van der Waals surface area contributed by atoms with Crippen LogP contribution in [0.4, 0.5) is 0 Å². The lowest BCUT2D eigenvalue weighted by Crippen LogP contribution is -2.36. The van der Waals surface area contributed by atoms with Gasteiger partial charge in [0, 0.05) is 32.2 Å². The molecule has 124 valence electrons. The molecule has 0 aromatic heterocycles. The Balaban J connectivity index is 0.00000400. The first-order valence-corrected chi connectivity index (χ1v) is 8.01. The van der Waals surface area contributed by atoms with Crippen molar-refractivity contribution in [2.45, 2.75) is 57.4 Å². The molecule has 0 radical (unpaired) electrons. The molecule has 0 atom stereocenters. The molecule has 4 nitrogen and oxygen atoms in total. The molecule has 1 aliphatic carbocycles. The molecular formula is C16H31ClN2O2. The van der Waals surface area contributed by atoms with E-state index < -0.39 is 0 Å². The van der Waals surface area contributed by atoms with Crippen molar-refractivity contribution in [2.75, 3.05) is 26.3 Å². The third-order valence-electron chi connectivity index (χ3n) is 3.66. The number of halogens is 1. The van der Waals surface area contributed by atoms with Crippen molar-refractivity contribution >= 4 is 18.3 Å². The van der Waals surface area contributed by atoms with Gasteiger partial charge in [-0.15, -0.1) is 19.0 Å². The molecule has 0 aromatic rings. The molecule has 0 saturated heterocycles. The van der Waals surface area contributed by atoms with Gasteiger partial charge < -0.3 is 15.4 Å². The van der Waals surface area contributed by atoms with E-state index in [0.29, 0.717) is 25.7 Å². The SMILES string of the molecule is C=CCOCCCC(=O)NCCNC1CCCCCC1.Cl. The number of amides is 1. The van der Waals surface area contributed by atoms with Crippen LogP contribution in [-0.4, -0.2) is 38.3 Å². The summed E-state index contributed by atoms with van der Waals surface area (Å²) in [5, 5.41) is 6.50. The van der Waals surface area contributed by atoms with E-state index in [-0.39, 0.29) is 18.3 Å². The molecule has 0 aromatic carbocycles. The van der Waals surface area contributed by atoms with Gasteiger partial charge in [0.15, 0.2) is 0 Å². The largest absolute Gasteiger partial charge is 0.377 e. The number of rotatable bonds is 10. The zero-order valence-corrected chi connectivity index (χ0v) is 13.9. The van der Waals surface area contributed by atoms with Crippen LogP contribution in [0.5, 0.6) is 0 Å². The minimum Gasteiger partial charge on any atom is -0.377 e. The lowest BCUT2D eigenvalue weighted by atomic mass is 10.1. The van der Waals surface area contributed by atoms with E-state index in [1.165, 1.54) is 38.5 Å². The van der Waals surface area contributed by atoms with Crippen molar-refractivity contribution in [1.29, 1.82) is 0 Å². The number of carbonyl (C=O) groups is 1. The molecule has 0 aliphatic heterocycles. The Kier molecular flexibility index (Phi) is 14.0. The molecule has 1 aliphatic rings. The van der Waals surface area contributed by atoms with Crippen LogP contribution in [0.25, 0.3) is 0 Å². The van der Waals surface area contributed by atoms with Gasteiger partial charge in [-0.2, -0.15) is 0 Å². The molecule has 2 N–H and O–H groups in total. The molecular weight excluding hydrogens is 288 g/mol. The van der Waals surface area contributed by atoms with Crippen LogP contribution in [0.3, 0.4) is 0 Å². The van der Waals surface area contributed by atoms with Crippen LogP contribution in [0, 0.1) is 0 Å². The van der Waals surface area contributed by atoms with Gasteiger partial charge in [0.25, 0.3) is 0 Å². The van der Waals surface area contributed by atoms with E-state index in [4.69, 9.17) is 4.74 Å². The molecule has 5 heteroatoms. The number of carbonyl (C=O) groups excluding carboxylic acids is 1. The Labute approximate surface area is 135 Å². The number of hydrogen-bond donors (Lipinski definition) is 2. The second kappa shape index (κ2) is 14.4. The third kappa shape index (κ3) is 11.7. The number of nitrogens with one attached hydrogen (secondary N) is 2. The summed E-state index contributed by atoms with van der Waals surface area (Å²) < 4.78 is 5.24. The van der Waals surface area contributed by atoms with E-state index in [1.807, 2.05) is 0 Å². The Hall–Kier alpha value is -0.580. The summed E-state index contributed by atoms with van der Waals surface area (Å²) in [4.78, 5) is 11.6. The highest BCUT2D eigenvalue weighted by Crippen LogP contribution is 2.16. The molecule has 1 saturated carbocycles. The normalized spacial score (nSPS) is 15.8. The number of ether oxygens (including phenoxy) is 1. The fourth-order valence-corrected chi connectivity index (χ4v) is 2.55. The van der Waals surface area contributed by atoms with Crippen molar-refractivity contribution in [3.05, 3.63) is 12.7 Å². The van der Waals surface area contributed by atoms with Crippen LogP contribution in [0.1, 0.15) is 51.4 Å². The highest BCUT2D eigenvalue weighted by Gasteiger charge is 2.10.